The molecule has 1 aromatic heterocycles. The first-order valence-electron chi connectivity index (χ1n) is 9.48. The number of nitrogens with one attached hydrogen (secondary N) is 1. The quantitative estimate of drug-likeness (QED) is 0.904. The fraction of sp³-hybridized carbons (Fsp3) is 0.684. The topological polar surface area (TPSA) is 65.8 Å². The highest BCUT2D eigenvalue weighted by atomic mass is 16.3. The highest BCUT2D eigenvalue weighted by Gasteiger charge is 2.47. The summed E-state index contributed by atoms with van der Waals surface area (Å²) in [5.41, 5.74) is -0.312. The second-order valence-corrected chi connectivity index (χ2v) is 7.78. The summed E-state index contributed by atoms with van der Waals surface area (Å²) in [5, 5.41) is 2.99. The normalized spacial score (nSPS) is 28.5. The summed E-state index contributed by atoms with van der Waals surface area (Å²) in [4.78, 5) is 29.5. The number of hydrogen-bond donors (Lipinski definition) is 1. The maximum Gasteiger partial charge on any atom is 0.228 e. The third-order valence-corrected chi connectivity index (χ3v) is 6.16. The van der Waals surface area contributed by atoms with Gasteiger partial charge in [0.1, 0.15) is 5.76 Å². The van der Waals surface area contributed by atoms with Gasteiger partial charge in [0.25, 0.3) is 0 Å². The molecule has 1 spiro atoms. The Morgan fingerprint density at radius 3 is 2.84 bits per heavy atom. The molecule has 3 fully saturated rings. The molecule has 1 N–H and O–H groups in total. The molecule has 6 nitrogen and oxygen atoms in total. The third-order valence-electron chi connectivity index (χ3n) is 6.16. The molecule has 0 unspecified atom stereocenters. The van der Waals surface area contributed by atoms with Crippen LogP contribution in [0.3, 0.4) is 0 Å². The van der Waals surface area contributed by atoms with Gasteiger partial charge < -0.3 is 14.6 Å². The van der Waals surface area contributed by atoms with E-state index >= 15 is 0 Å². The van der Waals surface area contributed by atoms with Gasteiger partial charge in [-0.05, 0) is 57.3 Å². The average Bonchev–Trinajstić information content (AvgIpc) is 3.29. The smallest absolute Gasteiger partial charge is 0.228 e. The first-order chi connectivity index (χ1) is 12.2. The summed E-state index contributed by atoms with van der Waals surface area (Å²) in [5.74, 6) is 1.50. The molecule has 136 valence electrons. The minimum Gasteiger partial charge on any atom is -0.468 e. The van der Waals surface area contributed by atoms with E-state index in [0.29, 0.717) is 6.54 Å². The van der Waals surface area contributed by atoms with Gasteiger partial charge in [-0.1, -0.05) is 0 Å². The molecule has 0 aliphatic carbocycles. The summed E-state index contributed by atoms with van der Waals surface area (Å²) in [7, 11) is 0. The van der Waals surface area contributed by atoms with Gasteiger partial charge in [-0.25, -0.2) is 0 Å². The molecule has 0 saturated carbocycles. The van der Waals surface area contributed by atoms with Crippen molar-refractivity contribution in [1.29, 1.82) is 0 Å². The average molecular weight is 345 g/mol. The van der Waals surface area contributed by atoms with Crippen LogP contribution in [-0.4, -0.2) is 54.3 Å². The largest absolute Gasteiger partial charge is 0.468 e. The third kappa shape index (κ3) is 3.32. The molecule has 3 aliphatic rings. The monoisotopic (exact) mass is 345 g/mol. The molecule has 0 bridgehead atoms. The van der Waals surface area contributed by atoms with Gasteiger partial charge >= 0.3 is 0 Å². The van der Waals surface area contributed by atoms with E-state index in [0.717, 1.165) is 70.6 Å². The van der Waals surface area contributed by atoms with E-state index in [2.05, 4.69) is 10.2 Å². The molecular formula is C19H27N3O3. The number of nitrogens with zero attached hydrogens (tertiary/aromatic N) is 2. The first-order valence-corrected chi connectivity index (χ1v) is 9.48. The number of carbonyl (C=O) groups excluding carboxylic acids is 2. The van der Waals surface area contributed by atoms with E-state index in [-0.39, 0.29) is 23.1 Å². The Bertz CT molecular complexity index is 622. The molecule has 6 heteroatoms. The fourth-order valence-electron chi connectivity index (χ4n) is 4.60. The van der Waals surface area contributed by atoms with E-state index in [4.69, 9.17) is 4.42 Å². The van der Waals surface area contributed by atoms with Crippen LogP contribution in [-0.2, 0) is 16.1 Å². The van der Waals surface area contributed by atoms with Gasteiger partial charge in [-0.3, -0.25) is 14.5 Å². The van der Waals surface area contributed by atoms with Crippen LogP contribution in [0, 0.1) is 11.3 Å². The Morgan fingerprint density at radius 2 is 2.12 bits per heavy atom. The highest BCUT2D eigenvalue weighted by molar-refractivity contribution is 5.86. The summed E-state index contributed by atoms with van der Waals surface area (Å²) in [6, 6.07) is 3.91. The van der Waals surface area contributed by atoms with Gasteiger partial charge in [0.15, 0.2) is 0 Å². The number of amides is 2. The molecule has 3 aliphatic heterocycles. The van der Waals surface area contributed by atoms with Gasteiger partial charge in [0, 0.05) is 25.6 Å². The van der Waals surface area contributed by atoms with Crippen molar-refractivity contribution in [1.82, 2.24) is 15.1 Å². The maximum atomic E-state index is 12.9. The van der Waals surface area contributed by atoms with Crippen LogP contribution in [0.25, 0.3) is 0 Å². The molecule has 1 atom stereocenters. The zero-order valence-corrected chi connectivity index (χ0v) is 14.7. The number of likely N-dealkylation sites (tertiary alicyclic amines) is 2. The van der Waals surface area contributed by atoms with E-state index < -0.39 is 0 Å². The molecule has 0 aromatic carbocycles. The molecule has 2 amide bonds. The van der Waals surface area contributed by atoms with E-state index in [1.54, 1.807) is 6.26 Å². The summed E-state index contributed by atoms with van der Waals surface area (Å²) >= 11 is 0. The Kier molecular flexibility index (Phi) is 4.54. The molecule has 3 saturated heterocycles. The molecule has 1 aromatic rings. The number of piperidine rings is 2. The second-order valence-electron chi connectivity index (χ2n) is 7.78. The maximum absolute atomic E-state index is 12.9. The van der Waals surface area contributed by atoms with Crippen LogP contribution in [0.15, 0.2) is 22.8 Å². The van der Waals surface area contributed by atoms with Crippen LogP contribution >= 0.6 is 0 Å². The second kappa shape index (κ2) is 6.83. The lowest BCUT2D eigenvalue weighted by Gasteiger charge is -2.34. The van der Waals surface area contributed by atoms with Crippen molar-refractivity contribution in [3.05, 3.63) is 24.2 Å². The lowest BCUT2D eigenvalue weighted by Crippen LogP contribution is -2.48. The fourth-order valence-corrected chi connectivity index (χ4v) is 4.60. The predicted octanol–water partition coefficient (Wildman–Crippen LogP) is 1.62. The van der Waals surface area contributed by atoms with Crippen LogP contribution < -0.4 is 5.32 Å². The Balaban J connectivity index is 1.30. The molecule has 0 radical (unpaired) electrons. The van der Waals surface area contributed by atoms with Crippen LogP contribution in [0.1, 0.15) is 37.9 Å². The Hall–Kier alpha value is -1.82. The SMILES string of the molecule is O=C(C1CCN(Cc2ccco2)CC1)N1CC[C@@]2(CCCNC2=O)C1. The Morgan fingerprint density at radius 1 is 1.28 bits per heavy atom. The van der Waals surface area contributed by atoms with Gasteiger partial charge in [-0.15, -0.1) is 0 Å². The molecule has 25 heavy (non-hydrogen) atoms. The van der Waals surface area contributed by atoms with Gasteiger partial charge in [0.2, 0.25) is 11.8 Å². The summed E-state index contributed by atoms with van der Waals surface area (Å²) in [6.07, 6.45) is 6.27. The lowest BCUT2D eigenvalue weighted by molar-refractivity contribution is -0.138. The minimum absolute atomic E-state index is 0.106. The zero-order chi connectivity index (χ0) is 17.3. The molecule has 4 heterocycles. The van der Waals surface area contributed by atoms with Gasteiger partial charge in [-0.2, -0.15) is 0 Å². The summed E-state index contributed by atoms with van der Waals surface area (Å²) < 4.78 is 5.41. The van der Waals surface area contributed by atoms with Gasteiger partial charge in [0.05, 0.1) is 18.2 Å². The van der Waals surface area contributed by atoms with E-state index in [1.807, 2.05) is 17.0 Å². The van der Waals surface area contributed by atoms with Crippen molar-refractivity contribution < 1.29 is 14.0 Å². The van der Waals surface area contributed by atoms with Crippen LogP contribution in [0.5, 0.6) is 0 Å². The Labute approximate surface area is 148 Å². The van der Waals surface area contributed by atoms with Crippen LogP contribution in [0.4, 0.5) is 0 Å². The van der Waals surface area contributed by atoms with E-state index in [1.165, 1.54) is 0 Å². The standard InChI is InChI=1S/C19H27N3O3/c23-17(22-11-7-19(14-22)6-2-8-20-18(19)24)15-4-9-21(10-5-15)13-16-3-1-12-25-16/h1,3,12,15H,2,4-11,13-14H2,(H,20,24)/t19-/m0/s1. The number of hydrogen-bond acceptors (Lipinski definition) is 4. The zero-order valence-electron chi connectivity index (χ0n) is 14.7. The van der Waals surface area contributed by atoms with Crippen LogP contribution in [0.2, 0.25) is 0 Å². The highest BCUT2D eigenvalue weighted by Crippen LogP contribution is 2.38. The predicted molar refractivity (Wildman–Crippen MR) is 92.6 cm³/mol. The molecular weight excluding hydrogens is 318 g/mol. The van der Waals surface area contributed by atoms with Crippen molar-refractivity contribution in [3.8, 4) is 0 Å². The lowest BCUT2D eigenvalue weighted by atomic mass is 9.79. The minimum atomic E-state index is -0.312. The number of furan rings is 1. The first kappa shape index (κ1) is 16.6. The molecule has 4 rings (SSSR count). The van der Waals surface area contributed by atoms with Crippen molar-refractivity contribution in [2.45, 2.75) is 38.6 Å². The van der Waals surface area contributed by atoms with E-state index in [9.17, 15) is 9.59 Å². The summed E-state index contributed by atoms with van der Waals surface area (Å²) in [6.45, 7) is 4.81. The van der Waals surface area contributed by atoms with Crippen molar-refractivity contribution in [3.63, 3.8) is 0 Å². The number of carbonyl (C=O) groups is 2. The van der Waals surface area contributed by atoms with Crippen molar-refractivity contribution in [2.24, 2.45) is 11.3 Å². The number of rotatable bonds is 3. The van der Waals surface area contributed by atoms with Crippen molar-refractivity contribution in [2.75, 3.05) is 32.7 Å². The van der Waals surface area contributed by atoms with Crippen molar-refractivity contribution >= 4 is 11.8 Å².